The molecule has 1 aromatic heterocycles. The van der Waals surface area contributed by atoms with Gasteiger partial charge in [0.2, 0.25) is 0 Å². The van der Waals surface area contributed by atoms with Gasteiger partial charge in [-0.1, -0.05) is 18.5 Å². The molecule has 1 aromatic rings. The smallest absolute Gasteiger partial charge is 0.130 e. The Morgan fingerprint density at radius 1 is 1.53 bits per heavy atom. The van der Waals surface area contributed by atoms with Gasteiger partial charge in [-0.25, -0.2) is 0 Å². The van der Waals surface area contributed by atoms with Crippen molar-refractivity contribution in [2.24, 2.45) is 7.05 Å². The molecule has 0 aliphatic heterocycles. The Kier molecular flexibility index (Phi) is 5.43. The number of nitrogens with one attached hydrogen (secondary N) is 1. The van der Waals surface area contributed by atoms with Crippen LogP contribution in [0.4, 0.5) is 0 Å². The molecule has 98 valence electrons. The van der Waals surface area contributed by atoms with E-state index in [9.17, 15) is 0 Å². The second kappa shape index (κ2) is 6.38. The van der Waals surface area contributed by atoms with Crippen molar-refractivity contribution in [2.75, 3.05) is 14.2 Å². The number of aryl methyl sites for hydroxylation is 2. The van der Waals surface area contributed by atoms with E-state index in [0.29, 0.717) is 5.15 Å². The molecule has 0 spiro atoms. The SMILES string of the molecule is CCC(OC)C(Cc1c(C)nn(C)c1Cl)NC. The Morgan fingerprint density at radius 3 is 2.53 bits per heavy atom. The van der Waals surface area contributed by atoms with Gasteiger partial charge < -0.3 is 10.1 Å². The van der Waals surface area contributed by atoms with E-state index in [1.165, 1.54) is 0 Å². The highest BCUT2D eigenvalue weighted by molar-refractivity contribution is 6.30. The molecule has 0 aliphatic rings. The molecule has 0 radical (unpaired) electrons. The maximum atomic E-state index is 6.24. The zero-order valence-corrected chi connectivity index (χ0v) is 12.0. The summed E-state index contributed by atoms with van der Waals surface area (Å²) in [7, 11) is 5.56. The molecule has 2 atom stereocenters. The van der Waals surface area contributed by atoms with Gasteiger partial charge in [-0.3, -0.25) is 4.68 Å². The Bertz CT molecular complexity index is 361. The summed E-state index contributed by atoms with van der Waals surface area (Å²) in [5.41, 5.74) is 2.09. The van der Waals surface area contributed by atoms with Crippen molar-refractivity contribution in [1.82, 2.24) is 15.1 Å². The van der Waals surface area contributed by atoms with Crippen LogP contribution in [0.3, 0.4) is 0 Å². The van der Waals surface area contributed by atoms with E-state index in [-0.39, 0.29) is 12.1 Å². The predicted octanol–water partition coefficient (Wildman–Crippen LogP) is 1.94. The van der Waals surface area contributed by atoms with Gasteiger partial charge in [-0.05, 0) is 26.8 Å². The minimum Gasteiger partial charge on any atom is -0.380 e. The molecule has 1 rings (SSSR count). The first-order valence-corrected chi connectivity index (χ1v) is 6.30. The summed E-state index contributed by atoms with van der Waals surface area (Å²) < 4.78 is 7.19. The standard InChI is InChI=1S/C12H22ClN3O/c1-6-11(17-5)10(14-3)7-9-8(2)15-16(4)12(9)13/h10-11,14H,6-7H2,1-5H3. The van der Waals surface area contributed by atoms with E-state index in [1.54, 1.807) is 11.8 Å². The summed E-state index contributed by atoms with van der Waals surface area (Å²) in [6.07, 6.45) is 2.00. The van der Waals surface area contributed by atoms with Gasteiger partial charge in [0.25, 0.3) is 0 Å². The van der Waals surface area contributed by atoms with Crippen LogP contribution in [-0.4, -0.2) is 36.1 Å². The van der Waals surface area contributed by atoms with Crippen LogP contribution in [0.15, 0.2) is 0 Å². The van der Waals surface area contributed by atoms with Crippen molar-refractivity contribution in [2.45, 2.75) is 38.8 Å². The fraction of sp³-hybridized carbons (Fsp3) is 0.750. The summed E-state index contributed by atoms with van der Waals surface area (Å²) in [5, 5.41) is 8.34. The molecule has 4 nitrogen and oxygen atoms in total. The Balaban J connectivity index is 2.87. The van der Waals surface area contributed by atoms with Crippen LogP contribution in [0.2, 0.25) is 5.15 Å². The van der Waals surface area contributed by atoms with Crippen molar-refractivity contribution < 1.29 is 4.74 Å². The Hall–Kier alpha value is -0.580. The van der Waals surface area contributed by atoms with Crippen LogP contribution in [0, 0.1) is 6.92 Å². The normalized spacial score (nSPS) is 14.9. The second-order valence-electron chi connectivity index (χ2n) is 4.26. The molecule has 0 saturated carbocycles. The monoisotopic (exact) mass is 259 g/mol. The van der Waals surface area contributed by atoms with Crippen molar-refractivity contribution in [3.05, 3.63) is 16.4 Å². The number of nitrogens with zero attached hydrogens (tertiary/aromatic N) is 2. The number of hydrogen-bond acceptors (Lipinski definition) is 3. The van der Waals surface area contributed by atoms with E-state index in [2.05, 4.69) is 17.3 Å². The molecular formula is C12H22ClN3O. The van der Waals surface area contributed by atoms with E-state index in [4.69, 9.17) is 16.3 Å². The van der Waals surface area contributed by atoms with Crippen molar-refractivity contribution in [3.63, 3.8) is 0 Å². The molecule has 0 bridgehead atoms. The molecule has 1 heterocycles. The zero-order valence-electron chi connectivity index (χ0n) is 11.2. The maximum Gasteiger partial charge on any atom is 0.130 e. The fourth-order valence-electron chi connectivity index (χ4n) is 2.16. The number of methoxy groups -OCH3 is 1. The quantitative estimate of drug-likeness (QED) is 0.849. The number of rotatable bonds is 6. The molecule has 0 fully saturated rings. The van der Waals surface area contributed by atoms with E-state index < -0.39 is 0 Å². The van der Waals surface area contributed by atoms with Crippen LogP contribution in [0.1, 0.15) is 24.6 Å². The Labute approximate surface area is 108 Å². The van der Waals surface area contributed by atoms with Gasteiger partial charge in [-0.2, -0.15) is 5.10 Å². The van der Waals surface area contributed by atoms with Gasteiger partial charge in [0.15, 0.2) is 0 Å². The van der Waals surface area contributed by atoms with Crippen molar-refractivity contribution >= 4 is 11.6 Å². The number of halogens is 1. The third-order valence-electron chi connectivity index (χ3n) is 3.22. The number of aromatic nitrogens is 2. The summed E-state index contributed by atoms with van der Waals surface area (Å²) in [6, 6.07) is 0.255. The predicted molar refractivity (Wildman–Crippen MR) is 70.6 cm³/mol. The molecule has 0 aliphatic carbocycles. The second-order valence-corrected chi connectivity index (χ2v) is 4.62. The van der Waals surface area contributed by atoms with Gasteiger partial charge in [0.1, 0.15) is 5.15 Å². The lowest BCUT2D eigenvalue weighted by molar-refractivity contribution is 0.0677. The van der Waals surface area contributed by atoms with Crippen molar-refractivity contribution in [3.8, 4) is 0 Å². The molecule has 17 heavy (non-hydrogen) atoms. The van der Waals surface area contributed by atoms with Gasteiger partial charge >= 0.3 is 0 Å². The lowest BCUT2D eigenvalue weighted by Crippen LogP contribution is -2.40. The zero-order chi connectivity index (χ0) is 13.0. The number of likely N-dealkylation sites (N-methyl/N-ethyl adjacent to an activating group) is 1. The summed E-state index contributed by atoms with van der Waals surface area (Å²) in [6.45, 7) is 4.11. The lowest BCUT2D eigenvalue weighted by Gasteiger charge is -2.24. The fourth-order valence-corrected chi connectivity index (χ4v) is 2.41. The minimum atomic E-state index is 0.190. The summed E-state index contributed by atoms with van der Waals surface area (Å²) in [4.78, 5) is 0. The minimum absolute atomic E-state index is 0.190. The summed E-state index contributed by atoms with van der Waals surface area (Å²) in [5.74, 6) is 0. The topological polar surface area (TPSA) is 39.1 Å². The van der Waals surface area contributed by atoms with Crippen molar-refractivity contribution in [1.29, 1.82) is 0 Å². The maximum absolute atomic E-state index is 6.24. The highest BCUT2D eigenvalue weighted by atomic mass is 35.5. The number of ether oxygens (including phenoxy) is 1. The van der Waals surface area contributed by atoms with Gasteiger partial charge in [-0.15, -0.1) is 0 Å². The lowest BCUT2D eigenvalue weighted by atomic mass is 10.0. The average molecular weight is 260 g/mol. The average Bonchev–Trinajstić information content (AvgIpc) is 2.55. The van der Waals surface area contributed by atoms with E-state index in [0.717, 1.165) is 24.1 Å². The summed E-state index contributed by atoms with van der Waals surface area (Å²) >= 11 is 6.24. The molecule has 0 saturated heterocycles. The number of hydrogen-bond donors (Lipinski definition) is 1. The molecule has 1 N–H and O–H groups in total. The highest BCUT2D eigenvalue weighted by Crippen LogP contribution is 2.21. The highest BCUT2D eigenvalue weighted by Gasteiger charge is 2.22. The van der Waals surface area contributed by atoms with Gasteiger partial charge in [0, 0.05) is 25.8 Å². The Morgan fingerprint density at radius 2 is 2.18 bits per heavy atom. The van der Waals surface area contributed by atoms with Crippen LogP contribution in [-0.2, 0) is 18.2 Å². The van der Waals surface area contributed by atoms with Crippen LogP contribution >= 0.6 is 11.6 Å². The van der Waals surface area contributed by atoms with Crippen LogP contribution in [0.5, 0.6) is 0 Å². The third kappa shape index (κ3) is 3.21. The first kappa shape index (κ1) is 14.5. The van der Waals surface area contributed by atoms with Crippen LogP contribution in [0.25, 0.3) is 0 Å². The third-order valence-corrected chi connectivity index (χ3v) is 3.69. The van der Waals surface area contributed by atoms with E-state index in [1.807, 2.05) is 21.0 Å². The molecular weight excluding hydrogens is 238 g/mol. The largest absolute Gasteiger partial charge is 0.380 e. The molecule has 0 aromatic carbocycles. The van der Waals surface area contributed by atoms with Crippen LogP contribution < -0.4 is 5.32 Å². The molecule has 2 unspecified atom stereocenters. The first-order chi connectivity index (χ1) is 8.04. The molecule has 5 heteroatoms. The first-order valence-electron chi connectivity index (χ1n) is 5.93. The molecule has 0 amide bonds. The van der Waals surface area contributed by atoms with Gasteiger partial charge in [0.05, 0.1) is 11.8 Å². The van der Waals surface area contributed by atoms with E-state index >= 15 is 0 Å².